The Balaban J connectivity index is 2.25. The van der Waals surface area contributed by atoms with Crippen LogP contribution < -0.4 is 18.9 Å². The van der Waals surface area contributed by atoms with E-state index in [1.165, 1.54) is 34.5 Å². The van der Waals surface area contributed by atoms with Crippen LogP contribution >= 0.6 is 0 Å². The summed E-state index contributed by atoms with van der Waals surface area (Å²) in [7, 11) is 5.74. The highest BCUT2D eigenvalue weighted by molar-refractivity contribution is 5.92. The molecule has 0 aliphatic heterocycles. The molecule has 0 atom stereocenters. The number of carbonyl (C=O) groups is 2. The number of methoxy groups -OCH3 is 4. The smallest absolute Gasteiger partial charge is 0.343 e. The van der Waals surface area contributed by atoms with Gasteiger partial charge < -0.3 is 23.7 Å². The Labute approximate surface area is 157 Å². The molecule has 0 aliphatic carbocycles. The summed E-state index contributed by atoms with van der Waals surface area (Å²) in [5.74, 6) is 0.442. The first-order valence-corrected chi connectivity index (χ1v) is 7.90. The Kier molecular flexibility index (Phi) is 6.82. The van der Waals surface area contributed by atoms with Crippen LogP contribution in [0.25, 0.3) is 6.08 Å². The highest BCUT2D eigenvalue weighted by Crippen LogP contribution is 2.30. The molecule has 0 radical (unpaired) electrons. The van der Waals surface area contributed by atoms with Crippen LogP contribution in [0.15, 0.2) is 42.5 Å². The van der Waals surface area contributed by atoms with Gasteiger partial charge in [0.25, 0.3) is 0 Å². The average Bonchev–Trinajstić information content (AvgIpc) is 2.71. The number of hydrogen-bond donors (Lipinski definition) is 0. The molecule has 0 aromatic heterocycles. The van der Waals surface area contributed by atoms with E-state index in [4.69, 9.17) is 18.9 Å². The maximum absolute atomic E-state index is 12.5. The van der Waals surface area contributed by atoms with E-state index in [1.807, 2.05) is 0 Å². The minimum atomic E-state index is -0.594. The standard InChI is InChI=1S/C20H20O7/c1-23-15-10-14(11-16(12-15)24-2)20(22)27-17-7-5-13(9-18(17)25-3)6-8-19(21)26-4/h5-12H,1-4H3/b8-6+. The second kappa shape index (κ2) is 9.28. The molecule has 0 N–H and O–H groups in total. The molecule has 7 nitrogen and oxygen atoms in total. The van der Waals surface area contributed by atoms with E-state index in [-0.39, 0.29) is 11.3 Å². The quantitative estimate of drug-likeness (QED) is 0.420. The van der Waals surface area contributed by atoms with Gasteiger partial charge in [-0.05, 0) is 35.9 Å². The molecule has 0 spiro atoms. The van der Waals surface area contributed by atoms with Crippen molar-refractivity contribution < 1.29 is 33.3 Å². The van der Waals surface area contributed by atoms with Gasteiger partial charge in [0.2, 0.25) is 0 Å². The zero-order valence-corrected chi connectivity index (χ0v) is 15.5. The summed E-state index contributed by atoms with van der Waals surface area (Å²) in [5.41, 5.74) is 0.947. The van der Waals surface area contributed by atoms with E-state index < -0.39 is 11.9 Å². The molecular formula is C20H20O7. The van der Waals surface area contributed by atoms with Gasteiger partial charge in [0.1, 0.15) is 11.5 Å². The lowest BCUT2D eigenvalue weighted by Gasteiger charge is -2.11. The van der Waals surface area contributed by atoms with E-state index in [2.05, 4.69) is 4.74 Å². The molecule has 0 unspecified atom stereocenters. The fraction of sp³-hybridized carbons (Fsp3) is 0.200. The van der Waals surface area contributed by atoms with Crippen molar-refractivity contribution in [1.29, 1.82) is 0 Å². The molecule has 2 aromatic rings. The third kappa shape index (κ3) is 5.24. The van der Waals surface area contributed by atoms with Crippen LogP contribution in [0.3, 0.4) is 0 Å². The summed E-state index contributed by atoms with van der Waals surface area (Å²) in [6, 6.07) is 9.63. The van der Waals surface area contributed by atoms with Crippen LogP contribution in [0.5, 0.6) is 23.0 Å². The Morgan fingerprint density at radius 2 is 1.48 bits per heavy atom. The minimum absolute atomic E-state index is 0.236. The van der Waals surface area contributed by atoms with Gasteiger partial charge in [-0.25, -0.2) is 9.59 Å². The van der Waals surface area contributed by atoms with Crippen LogP contribution in [-0.4, -0.2) is 40.4 Å². The molecule has 27 heavy (non-hydrogen) atoms. The molecule has 2 aromatic carbocycles. The molecule has 0 amide bonds. The first-order valence-electron chi connectivity index (χ1n) is 7.90. The van der Waals surface area contributed by atoms with Gasteiger partial charge in [-0.3, -0.25) is 0 Å². The van der Waals surface area contributed by atoms with Gasteiger partial charge in [0.05, 0.1) is 34.0 Å². The summed E-state index contributed by atoms with van der Waals surface area (Å²) in [4.78, 5) is 23.7. The topological polar surface area (TPSA) is 80.3 Å². The van der Waals surface area contributed by atoms with Crippen molar-refractivity contribution >= 4 is 18.0 Å². The highest BCUT2D eigenvalue weighted by atomic mass is 16.6. The normalized spacial score (nSPS) is 10.4. The SMILES string of the molecule is COC(=O)/C=C/c1ccc(OC(=O)c2cc(OC)cc(OC)c2)c(OC)c1. The lowest BCUT2D eigenvalue weighted by atomic mass is 10.1. The lowest BCUT2D eigenvalue weighted by Crippen LogP contribution is -2.10. The van der Waals surface area contributed by atoms with Crippen LogP contribution in [0.1, 0.15) is 15.9 Å². The van der Waals surface area contributed by atoms with Crippen LogP contribution in [0.4, 0.5) is 0 Å². The molecule has 0 aliphatic rings. The number of rotatable bonds is 7. The zero-order chi connectivity index (χ0) is 19.8. The van der Waals surface area contributed by atoms with Gasteiger partial charge in [-0.2, -0.15) is 0 Å². The van der Waals surface area contributed by atoms with Gasteiger partial charge in [-0.15, -0.1) is 0 Å². The zero-order valence-electron chi connectivity index (χ0n) is 15.5. The fourth-order valence-electron chi connectivity index (χ4n) is 2.19. The highest BCUT2D eigenvalue weighted by Gasteiger charge is 2.15. The Morgan fingerprint density at radius 3 is 2.04 bits per heavy atom. The molecule has 0 bridgehead atoms. The maximum atomic E-state index is 12.5. The van der Waals surface area contributed by atoms with Crippen molar-refractivity contribution in [3.8, 4) is 23.0 Å². The predicted molar refractivity (Wildman–Crippen MR) is 98.5 cm³/mol. The van der Waals surface area contributed by atoms with E-state index in [1.54, 1.807) is 42.5 Å². The summed E-state index contributed by atoms with van der Waals surface area (Å²) < 4.78 is 25.6. The monoisotopic (exact) mass is 372 g/mol. The van der Waals surface area contributed by atoms with Crippen molar-refractivity contribution in [3.63, 3.8) is 0 Å². The van der Waals surface area contributed by atoms with Crippen LogP contribution in [0, 0.1) is 0 Å². The number of carbonyl (C=O) groups excluding carboxylic acids is 2. The predicted octanol–water partition coefficient (Wildman–Crippen LogP) is 3.12. The summed E-state index contributed by atoms with van der Waals surface area (Å²) >= 11 is 0. The van der Waals surface area contributed by atoms with Gasteiger partial charge in [0, 0.05) is 12.1 Å². The molecule has 0 heterocycles. The largest absolute Gasteiger partial charge is 0.497 e. The maximum Gasteiger partial charge on any atom is 0.343 e. The van der Waals surface area contributed by atoms with E-state index >= 15 is 0 Å². The van der Waals surface area contributed by atoms with E-state index in [0.29, 0.717) is 22.8 Å². The van der Waals surface area contributed by atoms with Crippen molar-refractivity contribution in [2.45, 2.75) is 0 Å². The van der Waals surface area contributed by atoms with Crippen molar-refractivity contribution in [1.82, 2.24) is 0 Å². The number of esters is 2. The van der Waals surface area contributed by atoms with Gasteiger partial charge >= 0.3 is 11.9 Å². The van der Waals surface area contributed by atoms with Crippen molar-refractivity contribution in [2.75, 3.05) is 28.4 Å². The molecular weight excluding hydrogens is 352 g/mol. The lowest BCUT2D eigenvalue weighted by molar-refractivity contribution is -0.134. The Hall–Kier alpha value is -3.48. The molecule has 7 heteroatoms. The summed E-state index contributed by atoms with van der Waals surface area (Å²) in [6.45, 7) is 0. The van der Waals surface area contributed by atoms with Crippen LogP contribution in [-0.2, 0) is 9.53 Å². The molecule has 142 valence electrons. The molecule has 0 saturated heterocycles. The third-order valence-electron chi connectivity index (χ3n) is 3.59. The number of ether oxygens (including phenoxy) is 5. The molecule has 0 saturated carbocycles. The number of benzene rings is 2. The molecule has 0 fully saturated rings. The minimum Gasteiger partial charge on any atom is -0.497 e. The van der Waals surface area contributed by atoms with Crippen molar-refractivity contribution in [2.24, 2.45) is 0 Å². The number of hydrogen-bond acceptors (Lipinski definition) is 7. The first kappa shape index (κ1) is 19.8. The van der Waals surface area contributed by atoms with Crippen LogP contribution in [0.2, 0.25) is 0 Å². The Bertz CT molecular complexity index is 833. The summed E-state index contributed by atoms with van der Waals surface area (Å²) in [5, 5.41) is 0. The van der Waals surface area contributed by atoms with Crippen molar-refractivity contribution in [3.05, 3.63) is 53.6 Å². The first-order chi connectivity index (χ1) is 13.0. The van der Waals surface area contributed by atoms with E-state index in [9.17, 15) is 9.59 Å². The average molecular weight is 372 g/mol. The third-order valence-corrected chi connectivity index (χ3v) is 3.59. The fourth-order valence-corrected chi connectivity index (χ4v) is 2.19. The summed E-state index contributed by atoms with van der Waals surface area (Å²) in [6.07, 6.45) is 2.84. The van der Waals surface area contributed by atoms with E-state index in [0.717, 1.165) is 0 Å². The second-order valence-electron chi connectivity index (χ2n) is 5.26. The van der Waals surface area contributed by atoms with Gasteiger partial charge in [0.15, 0.2) is 11.5 Å². The molecule has 2 rings (SSSR count). The van der Waals surface area contributed by atoms with Gasteiger partial charge in [-0.1, -0.05) is 6.07 Å². The Morgan fingerprint density at radius 1 is 0.815 bits per heavy atom. The second-order valence-corrected chi connectivity index (χ2v) is 5.26.